The van der Waals surface area contributed by atoms with Crippen molar-refractivity contribution in [3.63, 3.8) is 0 Å². The Kier molecular flexibility index (Phi) is 7.85. The number of hydrogen-bond donors (Lipinski definition) is 0. The molecule has 0 atom stereocenters. The van der Waals surface area contributed by atoms with Gasteiger partial charge in [0.1, 0.15) is 11.2 Å². The molecule has 0 aliphatic rings. The molecule has 9 aromatic carbocycles. The summed E-state index contributed by atoms with van der Waals surface area (Å²) in [5.41, 5.74) is 14.4. The molecule has 0 radical (unpaired) electrons. The maximum atomic E-state index is 6.23. The van der Waals surface area contributed by atoms with Gasteiger partial charge in [-0.25, -0.2) is 0 Å². The van der Waals surface area contributed by atoms with Gasteiger partial charge in [-0.3, -0.25) is 0 Å². The van der Waals surface area contributed by atoms with Crippen molar-refractivity contribution in [3.8, 4) is 44.5 Å². The fourth-order valence-corrected chi connectivity index (χ4v) is 7.87. The molecule has 0 aliphatic heterocycles. The highest BCUT2D eigenvalue weighted by molar-refractivity contribution is 6.07. The number of anilines is 3. The van der Waals surface area contributed by atoms with Crippen LogP contribution in [0.5, 0.6) is 0 Å². The van der Waals surface area contributed by atoms with Gasteiger partial charge in [-0.1, -0.05) is 164 Å². The van der Waals surface area contributed by atoms with Crippen LogP contribution in [0.4, 0.5) is 17.1 Å². The van der Waals surface area contributed by atoms with E-state index in [1.165, 1.54) is 38.6 Å². The second-order valence-corrected chi connectivity index (χ2v) is 13.7. The highest BCUT2D eigenvalue weighted by Crippen LogP contribution is 2.47. The first-order valence-corrected chi connectivity index (χ1v) is 18.4. The number of rotatable bonds is 7. The first-order chi connectivity index (χ1) is 26.8. The van der Waals surface area contributed by atoms with Crippen LogP contribution in [0.3, 0.4) is 0 Å². The molecule has 10 rings (SSSR count). The summed E-state index contributed by atoms with van der Waals surface area (Å²) < 4.78 is 6.23. The Morgan fingerprint density at radius 1 is 0.296 bits per heavy atom. The van der Waals surface area contributed by atoms with E-state index in [0.29, 0.717) is 0 Å². The lowest BCUT2D eigenvalue weighted by atomic mass is 9.91. The van der Waals surface area contributed by atoms with Gasteiger partial charge < -0.3 is 9.32 Å². The maximum Gasteiger partial charge on any atom is 0.135 e. The molecule has 2 nitrogen and oxygen atoms in total. The molecular formula is C52H35NO. The number of para-hydroxylation sites is 3. The van der Waals surface area contributed by atoms with Crippen molar-refractivity contribution in [2.45, 2.75) is 0 Å². The van der Waals surface area contributed by atoms with Crippen molar-refractivity contribution in [1.29, 1.82) is 0 Å². The largest absolute Gasteiger partial charge is 0.456 e. The monoisotopic (exact) mass is 689 g/mol. The molecule has 0 amide bonds. The summed E-state index contributed by atoms with van der Waals surface area (Å²) in [6, 6.07) is 76.1. The Hall–Kier alpha value is -7.16. The van der Waals surface area contributed by atoms with Crippen molar-refractivity contribution >= 4 is 49.8 Å². The van der Waals surface area contributed by atoms with E-state index in [4.69, 9.17) is 4.42 Å². The summed E-state index contributed by atoms with van der Waals surface area (Å²) in [6.07, 6.45) is 0. The third-order valence-corrected chi connectivity index (χ3v) is 10.5. The van der Waals surface area contributed by atoms with Gasteiger partial charge in [0.15, 0.2) is 0 Å². The average Bonchev–Trinajstić information content (AvgIpc) is 3.63. The second kappa shape index (κ2) is 13.4. The Balaban J connectivity index is 1.18. The van der Waals surface area contributed by atoms with Gasteiger partial charge >= 0.3 is 0 Å². The van der Waals surface area contributed by atoms with E-state index >= 15 is 0 Å². The molecule has 0 unspecified atom stereocenters. The van der Waals surface area contributed by atoms with Crippen molar-refractivity contribution in [3.05, 3.63) is 212 Å². The molecule has 254 valence electrons. The molecule has 54 heavy (non-hydrogen) atoms. The van der Waals surface area contributed by atoms with E-state index in [2.05, 4.69) is 205 Å². The SMILES string of the molecule is c1ccc(-c2ccc(N(c3ccccc3-c3ccc4oc5ccccc5c4c3)c3ccccc3-c3ccccc3-c3ccc4ccccc4c3)cc2)cc1. The Morgan fingerprint density at radius 2 is 0.833 bits per heavy atom. The number of nitrogens with zero attached hydrogens (tertiary/aromatic N) is 1. The molecule has 0 fully saturated rings. The first-order valence-electron chi connectivity index (χ1n) is 18.4. The molecule has 0 bridgehead atoms. The van der Waals surface area contributed by atoms with E-state index < -0.39 is 0 Å². The van der Waals surface area contributed by atoms with Crippen molar-refractivity contribution in [1.82, 2.24) is 0 Å². The minimum absolute atomic E-state index is 0.890. The van der Waals surface area contributed by atoms with Gasteiger partial charge in [0.2, 0.25) is 0 Å². The van der Waals surface area contributed by atoms with Crippen LogP contribution in [-0.4, -0.2) is 0 Å². The molecule has 1 aromatic heterocycles. The average molecular weight is 690 g/mol. The lowest BCUT2D eigenvalue weighted by molar-refractivity contribution is 0.669. The minimum Gasteiger partial charge on any atom is -0.456 e. The predicted molar refractivity (Wildman–Crippen MR) is 228 cm³/mol. The van der Waals surface area contributed by atoms with E-state index in [-0.39, 0.29) is 0 Å². The number of fused-ring (bicyclic) bond motifs is 4. The molecule has 0 saturated heterocycles. The van der Waals surface area contributed by atoms with E-state index in [1.807, 2.05) is 12.1 Å². The molecule has 0 N–H and O–H groups in total. The van der Waals surface area contributed by atoms with Crippen LogP contribution in [0.25, 0.3) is 77.2 Å². The highest BCUT2D eigenvalue weighted by atomic mass is 16.3. The van der Waals surface area contributed by atoms with Gasteiger partial charge in [0.25, 0.3) is 0 Å². The molecule has 0 aliphatic carbocycles. The predicted octanol–water partition coefficient (Wildman–Crippen LogP) is 14.9. The zero-order chi connectivity index (χ0) is 35.8. The first kappa shape index (κ1) is 31.6. The zero-order valence-corrected chi connectivity index (χ0v) is 29.6. The summed E-state index contributed by atoms with van der Waals surface area (Å²) in [5, 5.41) is 4.70. The van der Waals surface area contributed by atoms with Crippen LogP contribution in [0.15, 0.2) is 217 Å². The summed E-state index contributed by atoms with van der Waals surface area (Å²) >= 11 is 0. The van der Waals surface area contributed by atoms with Gasteiger partial charge in [0, 0.05) is 27.6 Å². The van der Waals surface area contributed by atoms with Gasteiger partial charge in [-0.15, -0.1) is 0 Å². The van der Waals surface area contributed by atoms with Crippen LogP contribution < -0.4 is 4.90 Å². The van der Waals surface area contributed by atoms with E-state index in [0.717, 1.165) is 55.7 Å². The second-order valence-electron chi connectivity index (χ2n) is 13.7. The van der Waals surface area contributed by atoms with Crippen LogP contribution in [0, 0.1) is 0 Å². The molecular weight excluding hydrogens is 655 g/mol. The standard InChI is InChI=1S/C52H35NO/c1-2-14-36(15-3-1)38-28-31-42(32-29-38)53(49-23-11-8-19-44(49)41-30-33-52-48(35-41)47-22-10-13-25-51(47)54-52)50-24-12-9-21-46(50)45-20-7-6-18-43(45)40-27-26-37-16-4-5-17-39(37)34-40/h1-35H. The molecule has 10 aromatic rings. The summed E-state index contributed by atoms with van der Waals surface area (Å²) in [4.78, 5) is 2.42. The number of furan rings is 1. The molecule has 2 heteroatoms. The zero-order valence-electron chi connectivity index (χ0n) is 29.6. The third kappa shape index (κ3) is 5.62. The third-order valence-electron chi connectivity index (χ3n) is 10.5. The maximum absolute atomic E-state index is 6.23. The van der Waals surface area contributed by atoms with E-state index in [1.54, 1.807) is 0 Å². The molecule has 0 spiro atoms. The lowest BCUT2D eigenvalue weighted by Crippen LogP contribution is -2.12. The smallest absolute Gasteiger partial charge is 0.135 e. The van der Waals surface area contributed by atoms with Gasteiger partial charge in [-0.05, 0) is 92.7 Å². The Bertz CT molecular complexity index is 2940. The van der Waals surface area contributed by atoms with Crippen LogP contribution in [0.2, 0.25) is 0 Å². The number of benzene rings is 9. The van der Waals surface area contributed by atoms with Gasteiger partial charge in [0.05, 0.1) is 11.4 Å². The highest BCUT2D eigenvalue weighted by Gasteiger charge is 2.22. The summed E-state index contributed by atoms with van der Waals surface area (Å²) in [5.74, 6) is 0. The lowest BCUT2D eigenvalue weighted by Gasteiger charge is -2.30. The molecule has 1 heterocycles. The molecule has 0 saturated carbocycles. The normalized spacial score (nSPS) is 11.3. The Morgan fingerprint density at radius 3 is 1.65 bits per heavy atom. The minimum atomic E-state index is 0.890. The Labute approximate surface area is 314 Å². The topological polar surface area (TPSA) is 16.4 Å². The van der Waals surface area contributed by atoms with Crippen LogP contribution in [0.1, 0.15) is 0 Å². The summed E-state index contributed by atoms with van der Waals surface area (Å²) in [6.45, 7) is 0. The van der Waals surface area contributed by atoms with Crippen molar-refractivity contribution < 1.29 is 4.42 Å². The summed E-state index contributed by atoms with van der Waals surface area (Å²) in [7, 11) is 0. The van der Waals surface area contributed by atoms with Crippen LogP contribution in [-0.2, 0) is 0 Å². The fraction of sp³-hybridized carbons (Fsp3) is 0. The van der Waals surface area contributed by atoms with Crippen molar-refractivity contribution in [2.75, 3.05) is 4.90 Å². The number of hydrogen-bond acceptors (Lipinski definition) is 2. The fourth-order valence-electron chi connectivity index (χ4n) is 7.87. The van der Waals surface area contributed by atoms with Gasteiger partial charge in [-0.2, -0.15) is 0 Å². The quantitative estimate of drug-likeness (QED) is 0.166. The van der Waals surface area contributed by atoms with Crippen molar-refractivity contribution in [2.24, 2.45) is 0 Å². The van der Waals surface area contributed by atoms with Crippen LogP contribution >= 0.6 is 0 Å². The van der Waals surface area contributed by atoms with E-state index in [9.17, 15) is 0 Å².